The third-order valence-corrected chi connectivity index (χ3v) is 5.55. The number of hydrogen-bond acceptors (Lipinski definition) is 3. The highest BCUT2D eigenvalue weighted by Gasteiger charge is 2.33. The van der Waals surface area contributed by atoms with Crippen molar-refractivity contribution in [1.82, 2.24) is 5.32 Å². The van der Waals surface area contributed by atoms with E-state index in [4.69, 9.17) is 0 Å². The number of rotatable bonds is 4. The van der Waals surface area contributed by atoms with E-state index >= 15 is 0 Å². The Morgan fingerprint density at radius 3 is 2.36 bits per heavy atom. The zero-order valence-corrected chi connectivity index (χ0v) is 17.1. The third kappa shape index (κ3) is 4.75. The summed E-state index contributed by atoms with van der Waals surface area (Å²) in [7, 11) is -3.31. The summed E-state index contributed by atoms with van der Waals surface area (Å²) >= 11 is 0. The fourth-order valence-electron chi connectivity index (χ4n) is 4.00. The fraction of sp³-hybridized carbons (Fsp3) is 0.632. The first kappa shape index (κ1) is 19.8. The standard InChI is InChI=1S/C19H30N2O3S/c1-13-10-15-11-14(8-9-16(15)21(13)25(7,23)24)17(22)20-19(5,6)12-18(2,3)4/h8-9,11,13H,10,12H2,1-7H3,(H,20,22). The molecule has 0 spiro atoms. The quantitative estimate of drug-likeness (QED) is 0.889. The Balaban J connectivity index is 2.24. The monoisotopic (exact) mass is 366 g/mol. The lowest BCUT2D eigenvalue weighted by molar-refractivity contribution is 0.0891. The van der Waals surface area contributed by atoms with Crippen LogP contribution >= 0.6 is 0 Å². The molecule has 1 atom stereocenters. The zero-order chi connectivity index (χ0) is 19.2. The van der Waals surface area contributed by atoms with Gasteiger partial charge in [-0.25, -0.2) is 8.42 Å². The molecule has 5 nitrogen and oxygen atoms in total. The number of sulfonamides is 1. The van der Waals surface area contributed by atoms with Crippen molar-refractivity contribution in [2.75, 3.05) is 10.6 Å². The Morgan fingerprint density at radius 1 is 1.24 bits per heavy atom. The zero-order valence-electron chi connectivity index (χ0n) is 16.3. The molecule has 1 aliphatic heterocycles. The van der Waals surface area contributed by atoms with Crippen molar-refractivity contribution in [1.29, 1.82) is 0 Å². The predicted octanol–water partition coefficient (Wildman–Crippen LogP) is 3.34. The van der Waals surface area contributed by atoms with Crippen LogP contribution in [0.15, 0.2) is 18.2 Å². The van der Waals surface area contributed by atoms with E-state index in [2.05, 4.69) is 26.1 Å². The molecule has 1 unspecified atom stereocenters. The summed E-state index contributed by atoms with van der Waals surface area (Å²) in [6, 6.07) is 5.14. The molecular weight excluding hydrogens is 336 g/mol. The van der Waals surface area contributed by atoms with E-state index in [1.54, 1.807) is 12.1 Å². The first-order chi connectivity index (χ1) is 11.2. The van der Waals surface area contributed by atoms with E-state index in [1.807, 2.05) is 26.8 Å². The normalized spacial score (nSPS) is 18.2. The number of nitrogens with one attached hydrogen (secondary N) is 1. The molecule has 2 rings (SSSR count). The summed E-state index contributed by atoms with van der Waals surface area (Å²) in [6.07, 6.45) is 2.69. The predicted molar refractivity (Wildman–Crippen MR) is 103 cm³/mol. The number of anilines is 1. The van der Waals surface area contributed by atoms with Gasteiger partial charge in [-0.15, -0.1) is 0 Å². The van der Waals surface area contributed by atoms with Gasteiger partial charge >= 0.3 is 0 Å². The SMILES string of the molecule is CC1Cc2cc(C(=O)NC(C)(C)CC(C)(C)C)ccc2N1S(C)(=O)=O. The summed E-state index contributed by atoms with van der Waals surface area (Å²) in [4.78, 5) is 12.7. The maximum Gasteiger partial charge on any atom is 0.251 e. The Kier molecular flexibility index (Phi) is 4.99. The van der Waals surface area contributed by atoms with Crippen LogP contribution in [0.4, 0.5) is 5.69 Å². The molecule has 0 aromatic heterocycles. The van der Waals surface area contributed by atoms with Crippen LogP contribution in [0.2, 0.25) is 0 Å². The third-order valence-electron chi connectivity index (χ3n) is 4.28. The maximum absolute atomic E-state index is 12.7. The van der Waals surface area contributed by atoms with Gasteiger partial charge in [-0.2, -0.15) is 0 Å². The van der Waals surface area contributed by atoms with Crippen LogP contribution < -0.4 is 9.62 Å². The fourth-order valence-corrected chi connectivity index (χ4v) is 5.26. The second-order valence-corrected chi connectivity index (χ2v) is 10.9. The average Bonchev–Trinajstić information content (AvgIpc) is 2.69. The highest BCUT2D eigenvalue weighted by atomic mass is 32.2. The number of amides is 1. The number of carbonyl (C=O) groups excluding carboxylic acids is 1. The van der Waals surface area contributed by atoms with Crippen LogP contribution in [0, 0.1) is 5.41 Å². The van der Waals surface area contributed by atoms with Gasteiger partial charge in [0.2, 0.25) is 10.0 Å². The van der Waals surface area contributed by atoms with Gasteiger partial charge in [-0.1, -0.05) is 20.8 Å². The van der Waals surface area contributed by atoms with Crippen molar-refractivity contribution in [3.05, 3.63) is 29.3 Å². The van der Waals surface area contributed by atoms with Gasteiger partial charge in [0.25, 0.3) is 5.91 Å². The molecule has 0 radical (unpaired) electrons. The van der Waals surface area contributed by atoms with Crippen molar-refractivity contribution in [2.24, 2.45) is 5.41 Å². The first-order valence-corrected chi connectivity index (χ1v) is 10.5. The molecule has 1 aromatic rings. The Morgan fingerprint density at radius 2 is 1.84 bits per heavy atom. The first-order valence-electron chi connectivity index (χ1n) is 8.64. The molecular formula is C19H30N2O3S. The molecule has 1 aliphatic rings. The van der Waals surface area contributed by atoms with Gasteiger partial charge in [-0.05, 0) is 62.8 Å². The lowest BCUT2D eigenvalue weighted by Gasteiger charge is -2.33. The molecule has 6 heteroatoms. The molecule has 0 bridgehead atoms. The second kappa shape index (κ2) is 6.31. The Hall–Kier alpha value is -1.56. The molecule has 0 saturated heterocycles. The Labute approximate surface area is 151 Å². The average molecular weight is 367 g/mol. The van der Waals surface area contributed by atoms with Crippen molar-refractivity contribution in [3.8, 4) is 0 Å². The number of fused-ring (bicyclic) bond motifs is 1. The molecule has 1 heterocycles. The van der Waals surface area contributed by atoms with E-state index in [9.17, 15) is 13.2 Å². The summed E-state index contributed by atoms with van der Waals surface area (Å²) in [5, 5.41) is 3.10. The van der Waals surface area contributed by atoms with Crippen LogP contribution in [-0.2, 0) is 16.4 Å². The highest BCUT2D eigenvalue weighted by Crippen LogP contribution is 2.35. The second-order valence-electron chi connectivity index (χ2n) is 9.03. The molecule has 25 heavy (non-hydrogen) atoms. The maximum atomic E-state index is 12.7. The lowest BCUT2D eigenvalue weighted by Crippen LogP contribution is -2.45. The van der Waals surface area contributed by atoms with Crippen LogP contribution in [0.1, 0.15) is 63.9 Å². The minimum atomic E-state index is -3.31. The molecule has 1 amide bonds. The van der Waals surface area contributed by atoms with E-state index in [1.165, 1.54) is 10.6 Å². The van der Waals surface area contributed by atoms with Crippen LogP contribution in [0.25, 0.3) is 0 Å². The summed E-state index contributed by atoms with van der Waals surface area (Å²) in [6.45, 7) is 12.4. The molecule has 1 N–H and O–H groups in total. The van der Waals surface area contributed by atoms with Gasteiger partial charge in [0.15, 0.2) is 0 Å². The summed E-state index contributed by atoms with van der Waals surface area (Å²) in [5.41, 5.74) is 1.95. The van der Waals surface area contributed by atoms with Gasteiger partial charge in [0.05, 0.1) is 11.9 Å². The van der Waals surface area contributed by atoms with Crippen LogP contribution in [-0.4, -0.2) is 32.2 Å². The van der Waals surface area contributed by atoms with Crippen molar-refractivity contribution in [2.45, 2.75) is 66.0 Å². The smallest absolute Gasteiger partial charge is 0.251 e. The van der Waals surface area contributed by atoms with E-state index in [-0.39, 0.29) is 22.9 Å². The summed E-state index contributed by atoms with van der Waals surface area (Å²) < 4.78 is 25.4. The summed E-state index contributed by atoms with van der Waals surface area (Å²) in [5.74, 6) is -0.123. The molecule has 0 saturated carbocycles. The number of benzene rings is 1. The van der Waals surface area contributed by atoms with E-state index in [0.717, 1.165) is 12.0 Å². The highest BCUT2D eigenvalue weighted by molar-refractivity contribution is 7.92. The van der Waals surface area contributed by atoms with Gasteiger partial charge in [-0.3, -0.25) is 9.10 Å². The van der Waals surface area contributed by atoms with Crippen molar-refractivity contribution >= 4 is 21.6 Å². The lowest BCUT2D eigenvalue weighted by atomic mass is 9.81. The van der Waals surface area contributed by atoms with Gasteiger partial charge in [0.1, 0.15) is 0 Å². The minimum absolute atomic E-state index is 0.111. The van der Waals surface area contributed by atoms with Crippen LogP contribution in [0.5, 0.6) is 0 Å². The molecule has 1 aromatic carbocycles. The van der Waals surface area contributed by atoms with E-state index in [0.29, 0.717) is 17.7 Å². The van der Waals surface area contributed by atoms with Gasteiger partial charge < -0.3 is 5.32 Å². The number of hydrogen-bond donors (Lipinski definition) is 1. The molecule has 140 valence electrons. The molecule has 0 fully saturated rings. The van der Waals surface area contributed by atoms with Gasteiger partial charge in [0, 0.05) is 17.1 Å². The van der Waals surface area contributed by atoms with Crippen molar-refractivity contribution in [3.63, 3.8) is 0 Å². The van der Waals surface area contributed by atoms with Crippen molar-refractivity contribution < 1.29 is 13.2 Å². The largest absolute Gasteiger partial charge is 0.347 e. The topological polar surface area (TPSA) is 66.5 Å². The van der Waals surface area contributed by atoms with E-state index < -0.39 is 10.0 Å². The Bertz CT molecular complexity index is 776. The number of nitrogens with zero attached hydrogens (tertiary/aromatic N) is 1. The minimum Gasteiger partial charge on any atom is -0.347 e. The number of carbonyl (C=O) groups is 1. The molecule has 0 aliphatic carbocycles. The van der Waals surface area contributed by atoms with Crippen LogP contribution in [0.3, 0.4) is 0 Å².